The molecule has 0 spiro atoms. The molecule has 0 radical (unpaired) electrons. The highest BCUT2D eigenvalue weighted by molar-refractivity contribution is 5.31. The van der Waals surface area contributed by atoms with E-state index >= 15 is 0 Å². The van der Waals surface area contributed by atoms with E-state index in [1.165, 1.54) is 57.4 Å². The van der Waals surface area contributed by atoms with E-state index in [1.807, 2.05) is 0 Å². The number of aliphatic hydroxyl groups is 1. The summed E-state index contributed by atoms with van der Waals surface area (Å²) in [6.07, 6.45) is 11.0. The molecule has 0 aliphatic heterocycles. The lowest BCUT2D eigenvalue weighted by molar-refractivity contribution is -0.00116. The summed E-state index contributed by atoms with van der Waals surface area (Å²) in [5, 5.41) is 19.4. The van der Waals surface area contributed by atoms with Crippen LogP contribution in [0.3, 0.4) is 0 Å². The summed E-state index contributed by atoms with van der Waals surface area (Å²) in [6, 6.07) is 6.58. The van der Waals surface area contributed by atoms with Crippen LogP contribution in [0.15, 0.2) is 24.3 Å². The zero-order valence-electron chi connectivity index (χ0n) is 16.7. The summed E-state index contributed by atoms with van der Waals surface area (Å²) in [4.78, 5) is 0. The van der Waals surface area contributed by atoms with Gasteiger partial charge in [-0.25, -0.2) is 0 Å². The highest BCUT2D eigenvalue weighted by Crippen LogP contribution is 2.18. The Bertz CT molecular complexity index is 450. The maximum Gasteiger partial charge on any atom is 0.123 e. The fourth-order valence-corrected chi connectivity index (χ4v) is 2.98. The molecule has 4 nitrogen and oxygen atoms in total. The molecule has 2 atom stereocenters. The van der Waals surface area contributed by atoms with Crippen molar-refractivity contribution in [1.82, 2.24) is 0 Å². The van der Waals surface area contributed by atoms with Crippen molar-refractivity contribution in [3.63, 3.8) is 0 Å². The summed E-state index contributed by atoms with van der Waals surface area (Å²) < 4.78 is 11.2. The number of phenolic OH excluding ortho intramolecular Hbond substituents is 1. The molecule has 0 saturated heterocycles. The van der Waals surface area contributed by atoms with Crippen molar-refractivity contribution in [2.45, 2.75) is 77.7 Å². The van der Waals surface area contributed by atoms with Gasteiger partial charge in [-0.05, 0) is 24.5 Å². The minimum absolute atomic E-state index is 0.157. The summed E-state index contributed by atoms with van der Waals surface area (Å²) >= 11 is 0. The van der Waals surface area contributed by atoms with E-state index in [2.05, 4.69) is 13.8 Å². The lowest BCUT2D eigenvalue weighted by atomic mass is 9.98. The molecule has 4 heteroatoms. The molecule has 0 fully saturated rings. The molecule has 0 heterocycles. The SMILES string of the molecule is CCCCCCCCCC(CC)COCC(O)COc1cccc(O)c1. The molecule has 0 saturated carbocycles. The molecule has 26 heavy (non-hydrogen) atoms. The molecule has 0 amide bonds. The first-order valence-electron chi connectivity index (χ1n) is 10.3. The third-order valence-corrected chi connectivity index (χ3v) is 4.72. The highest BCUT2D eigenvalue weighted by Gasteiger charge is 2.10. The lowest BCUT2D eigenvalue weighted by Gasteiger charge is -2.17. The quantitative estimate of drug-likeness (QED) is 0.389. The van der Waals surface area contributed by atoms with E-state index in [0.29, 0.717) is 18.3 Å². The Morgan fingerprint density at radius 1 is 0.923 bits per heavy atom. The second-order valence-electron chi connectivity index (χ2n) is 7.18. The van der Waals surface area contributed by atoms with Crippen molar-refractivity contribution < 1.29 is 19.7 Å². The average Bonchev–Trinajstić information content (AvgIpc) is 2.64. The van der Waals surface area contributed by atoms with Gasteiger partial charge >= 0.3 is 0 Å². The van der Waals surface area contributed by atoms with Crippen molar-refractivity contribution in [3.05, 3.63) is 24.3 Å². The minimum Gasteiger partial charge on any atom is -0.508 e. The molecule has 1 aromatic rings. The Balaban J connectivity index is 2.06. The standard InChI is InChI=1S/C22H38O4/c1-3-5-6-7-8-9-10-12-19(4-2)16-25-17-21(24)18-26-22-14-11-13-20(23)15-22/h11,13-15,19,21,23-24H,3-10,12,16-18H2,1-2H3. The van der Waals surface area contributed by atoms with Gasteiger partial charge in [0, 0.05) is 12.7 Å². The van der Waals surface area contributed by atoms with Gasteiger partial charge in [-0.2, -0.15) is 0 Å². The topological polar surface area (TPSA) is 58.9 Å². The Morgan fingerprint density at radius 3 is 2.35 bits per heavy atom. The van der Waals surface area contributed by atoms with Crippen LogP contribution in [0.25, 0.3) is 0 Å². The molecular formula is C22H38O4. The van der Waals surface area contributed by atoms with Crippen LogP contribution in [0.1, 0.15) is 71.6 Å². The largest absolute Gasteiger partial charge is 0.508 e. The highest BCUT2D eigenvalue weighted by atomic mass is 16.5. The van der Waals surface area contributed by atoms with Gasteiger partial charge in [-0.1, -0.05) is 71.3 Å². The molecule has 2 unspecified atom stereocenters. The first-order chi connectivity index (χ1) is 12.7. The number of unbranched alkanes of at least 4 members (excludes halogenated alkanes) is 6. The fraction of sp³-hybridized carbons (Fsp3) is 0.727. The molecule has 0 aliphatic rings. The Kier molecular flexibility index (Phi) is 13.0. The van der Waals surface area contributed by atoms with E-state index in [0.717, 1.165) is 6.42 Å². The van der Waals surface area contributed by atoms with Crippen LogP contribution in [0.5, 0.6) is 11.5 Å². The molecular weight excluding hydrogens is 328 g/mol. The van der Waals surface area contributed by atoms with Crippen LogP contribution in [-0.4, -0.2) is 36.1 Å². The van der Waals surface area contributed by atoms with Crippen LogP contribution < -0.4 is 4.74 Å². The van der Waals surface area contributed by atoms with Crippen molar-refractivity contribution in [3.8, 4) is 11.5 Å². The first kappa shape index (κ1) is 22.8. The van der Waals surface area contributed by atoms with Crippen LogP contribution in [0.4, 0.5) is 0 Å². The minimum atomic E-state index is -0.659. The lowest BCUT2D eigenvalue weighted by Crippen LogP contribution is -2.25. The normalized spacial score (nSPS) is 13.5. The first-order valence-corrected chi connectivity index (χ1v) is 10.3. The van der Waals surface area contributed by atoms with Crippen molar-refractivity contribution >= 4 is 0 Å². The number of aromatic hydroxyl groups is 1. The third kappa shape index (κ3) is 11.4. The molecule has 0 bridgehead atoms. The van der Waals surface area contributed by atoms with Gasteiger partial charge in [0.1, 0.15) is 24.2 Å². The molecule has 1 aromatic carbocycles. The zero-order valence-corrected chi connectivity index (χ0v) is 16.7. The number of rotatable bonds is 16. The van der Waals surface area contributed by atoms with Crippen LogP contribution >= 0.6 is 0 Å². The van der Waals surface area contributed by atoms with E-state index < -0.39 is 6.10 Å². The summed E-state index contributed by atoms with van der Waals surface area (Å²) in [5.74, 6) is 1.28. The maximum atomic E-state index is 9.97. The van der Waals surface area contributed by atoms with Gasteiger partial charge in [0.25, 0.3) is 0 Å². The number of phenols is 1. The Labute approximate surface area is 159 Å². The van der Waals surface area contributed by atoms with Crippen LogP contribution in [0, 0.1) is 5.92 Å². The second kappa shape index (κ2) is 14.9. The van der Waals surface area contributed by atoms with Crippen molar-refractivity contribution in [2.75, 3.05) is 19.8 Å². The summed E-state index contributed by atoms with van der Waals surface area (Å²) in [7, 11) is 0. The van der Waals surface area contributed by atoms with Gasteiger partial charge in [0.15, 0.2) is 0 Å². The number of hydrogen-bond donors (Lipinski definition) is 2. The average molecular weight is 367 g/mol. The maximum absolute atomic E-state index is 9.97. The van der Waals surface area contributed by atoms with E-state index in [1.54, 1.807) is 18.2 Å². The number of hydrogen-bond acceptors (Lipinski definition) is 4. The number of ether oxygens (including phenoxy) is 2. The smallest absolute Gasteiger partial charge is 0.123 e. The van der Waals surface area contributed by atoms with Crippen LogP contribution in [0.2, 0.25) is 0 Å². The third-order valence-electron chi connectivity index (χ3n) is 4.72. The zero-order chi connectivity index (χ0) is 19.0. The number of aliphatic hydroxyl groups excluding tert-OH is 1. The van der Waals surface area contributed by atoms with Crippen molar-refractivity contribution in [2.24, 2.45) is 5.92 Å². The summed E-state index contributed by atoms with van der Waals surface area (Å²) in [5.41, 5.74) is 0. The van der Waals surface area contributed by atoms with E-state index in [9.17, 15) is 10.2 Å². The van der Waals surface area contributed by atoms with E-state index in [4.69, 9.17) is 9.47 Å². The second-order valence-corrected chi connectivity index (χ2v) is 7.18. The number of benzene rings is 1. The predicted molar refractivity (Wildman–Crippen MR) is 107 cm³/mol. The van der Waals surface area contributed by atoms with Gasteiger partial charge in [-0.3, -0.25) is 0 Å². The Morgan fingerprint density at radius 2 is 1.65 bits per heavy atom. The van der Waals surface area contributed by atoms with Gasteiger partial charge in [0.2, 0.25) is 0 Å². The van der Waals surface area contributed by atoms with Crippen LogP contribution in [-0.2, 0) is 4.74 Å². The van der Waals surface area contributed by atoms with Gasteiger partial charge in [-0.15, -0.1) is 0 Å². The molecule has 0 aliphatic carbocycles. The molecule has 2 N–H and O–H groups in total. The molecule has 1 rings (SSSR count). The predicted octanol–water partition coefficient (Wildman–Crippen LogP) is 5.32. The van der Waals surface area contributed by atoms with E-state index in [-0.39, 0.29) is 19.0 Å². The Hall–Kier alpha value is -1.26. The van der Waals surface area contributed by atoms with Crippen molar-refractivity contribution in [1.29, 1.82) is 0 Å². The summed E-state index contributed by atoms with van der Waals surface area (Å²) in [6.45, 7) is 5.61. The monoisotopic (exact) mass is 366 g/mol. The van der Waals surface area contributed by atoms with Gasteiger partial charge < -0.3 is 19.7 Å². The molecule has 0 aromatic heterocycles. The fourth-order valence-electron chi connectivity index (χ4n) is 2.98. The van der Waals surface area contributed by atoms with Gasteiger partial charge in [0.05, 0.1) is 6.61 Å². The molecule has 150 valence electrons.